The van der Waals surface area contributed by atoms with E-state index in [1.54, 1.807) is 0 Å². The number of halogens is 1. The van der Waals surface area contributed by atoms with E-state index in [0.29, 0.717) is 6.07 Å². The molecule has 0 aliphatic rings. The Labute approximate surface area is 93.0 Å². The highest BCUT2D eigenvalue weighted by Crippen LogP contribution is 2.19. The zero-order chi connectivity index (χ0) is 12.9. The first-order valence-electron chi connectivity index (χ1n) is 4.46. The Balaban J connectivity index is 0.00000106. The minimum atomic E-state index is -3.67. The van der Waals surface area contributed by atoms with Gasteiger partial charge in [-0.2, -0.15) is 0 Å². The van der Waals surface area contributed by atoms with Gasteiger partial charge in [-0.3, -0.25) is 10.1 Å². The number of rotatable bonds is 2. The standard InChI is InChI=1S/C7H6FNO4S.C2H6/c1-14(12,13)7-3-2-5(9(10)11)4-6(7)8;1-2/h2-4H,1H3;1-2H3. The molecular weight excluding hydrogens is 237 g/mol. The van der Waals surface area contributed by atoms with Gasteiger partial charge in [0.15, 0.2) is 9.84 Å². The normalized spacial score (nSPS) is 10.2. The zero-order valence-corrected chi connectivity index (χ0v) is 9.91. The van der Waals surface area contributed by atoms with Crippen molar-refractivity contribution in [2.45, 2.75) is 18.7 Å². The number of non-ortho nitro benzene ring substituents is 1. The second kappa shape index (κ2) is 5.55. The zero-order valence-electron chi connectivity index (χ0n) is 9.10. The lowest BCUT2D eigenvalue weighted by Crippen LogP contribution is -2.01. The summed E-state index contributed by atoms with van der Waals surface area (Å²) in [4.78, 5) is 8.87. The van der Waals surface area contributed by atoms with Gasteiger partial charge < -0.3 is 0 Å². The van der Waals surface area contributed by atoms with Crippen molar-refractivity contribution < 1.29 is 17.7 Å². The van der Waals surface area contributed by atoms with Crippen molar-refractivity contribution in [3.05, 3.63) is 34.1 Å². The van der Waals surface area contributed by atoms with E-state index in [1.807, 2.05) is 13.8 Å². The average molecular weight is 249 g/mol. The third kappa shape index (κ3) is 3.58. The van der Waals surface area contributed by atoms with Gasteiger partial charge in [-0.1, -0.05) is 13.8 Å². The fraction of sp³-hybridized carbons (Fsp3) is 0.333. The van der Waals surface area contributed by atoms with Crippen LogP contribution in [0.3, 0.4) is 0 Å². The number of nitrogens with zero attached hydrogens (tertiary/aromatic N) is 1. The van der Waals surface area contributed by atoms with E-state index >= 15 is 0 Å². The summed E-state index contributed by atoms with van der Waals surface area (Å²) in [6.07, 6.45) is 0.831. The van der Waals surface area contributed by atoms with Crippen LogP contribution in [-0.2, 0) is 9.84 Å². The summed E-state index contributed by atoms with van der Waals surface area (Å²) < 4.78 is 34.9. The molecule has 1 aromatic rings. The lowest BCUT2D eigenvalue weighted by Gasteiger charge is -1.99. The molecule has 0 aliphatic heterocycles. The molecule has 1 rings (SSSR count). The highest BCUT2D eigenvalue weighted by Gasteiger charge is 2.17. The van der Waals surface area contributed by atoms with Crippen LogP contribution in [0.1, 0.15) is 13.8 Å². The third-order valence-electron chi connectivity index (χ3n) is 1.53. The Morgan fingerprint density at radius 1 is 1.31 bits per heavy atom. The number of benzene rings is 1. The summed E-state index contributed by atoms with van der Waals surface area (Å²) in [6.45, 7) is 4.00. The molecule has 0 spiro atoms. The maximum atomic E-state index is 13.0. The van der Waals surface area contributed by atoms with Crippen LogP contribution in [0.4, 0.5) is 10.1 Å². The first kappa shape index (κ1) is 14.5. The van der Waals surface area contributed by atoms with Crippen molar-refractivity contribution in [3.8, 4) is 0 Å². The van der Waals surface area contributed by atoms with Crippen molar-refractivity contribution in [1.29, 1.82) is 0 Å². The molecule has 7 heteroatoms. The number of hydrogen-bond acceptors (Lipinski definition) is 4. The fourth-order valence-corrected chi connectivity index (χ4v) is 1.63. The van der Waals surface area contributed by atoms with E-state index in [9.17, 15) is 22.9 Å². The van der Waals surface area contributed by atoms with E-state index in [1.165, 1.54) is 0 Å². The number of nitro groups is 1. The molecule has 0 saturated carbocycles. The van der Waals surface area contributed by atoms with E-state index in [4.69, 9.17) is 0 Å². The van der Waals surface area contributed by atoms with Crippen molar-refractivity contribution in [2.75, 3.05) is 6.26 Å². The van der Waals surface area contributed by atoms with Crippen LogP contribution in [0, 0.1) is 15.9 Å². The average Bonchev–Trinajstić information content (AvgIpc) is 2.18. The molecule has 0 unspecified atom stereocenters. The van der Waals surface area contributed by atoms with Crippen LogP contribution in [0.25, 0.3) is 0 Å². The molecule has 16 heavy (non-hydrogen) atoms. The highest BCUT2D eigenvalue weighted by molar-refractivity contribution is 7.90. The largest absolute Gasteiger partial charge is 0.272 e. The van der Waals surface area contributed by atoms with Crippen molar-refractivity contribution in [1.82, 2.24) is 0 Å². The Bertz CT molecular complexity index is 484. The summed E-state index contributed by atoms with van der Waals surface area (Å²) in [7, 11) is -3.67. The molecule has 0 N–H and O–H groups in total. The first-order chi connectivity index (χ1) is 7.32. The molecule has 0 heterocycles. The summed E-state index contributed by atoms with van der Waals surface area (Å²) in [5.41, 5.74) is -0.477. The molecule has 0 amide bonds. The number of hydrogen-bond donors (Lipinski definition) is 0. The smallest absolute Gasteiger partial charge is 0.258 e. The number of nitro benzene ring substituents is 1. The van der Waals surface area contributed by atoms with Gasteiger partial charge in [0, 0.05) is 12.3 Å². The predicted octanol–water partition coefficient (Wildman–Crippen LogP) is 2.16. The van der Waals surface area contributed by atoms with E-state index in [0.717, 1.165) is 18.4 Å². The molecule has 0 atom stereocenters. The van der Waals surface area contributed by atoms with Crippen LogP contribution < -0.4 is 0 Å². The van der Waals surface area contributed by atoms with Gasteiger partial charge in [-0.15, -0.1) is 0 Å². The van der Waals surface area contributed by atoms with Crippen molar-refractivity contribution in [3.63, 3.8) is 0 Å². The predicted molar refractivity (Wildman–Crippen MR) is 57.5 cm³/mol. The third-order valence-corrected chi connectivity index (χ3v) is 2.66. The lowest BCUT2D eigenvalue weighted by molar-refractivity contribution is -0.385. The molecule has 0 aliphatic carbocycles. The summed E-state index contributed by atoms with van der Waals surface area (Å²) in [6, 6.07) is 2.40. The SMILES string of the molecule is CC.CS(=O)(=O)c1ccc([N+](=O)[O-])cc1F. The van der Waals surface area contributed by atoms with Gasteiger partial charge in [0.2, 0.25) is 0 Å². The van der Waals surface area contributed by atoms with E-state index < -0.39 is 31.2 Å². The minimum Gasteiger partial charge on any atom is -0.258 e. The maximum absolute atomic E-state index is 13.0. The monoisotopic (exact) mass is 249 g/mol. The molecule has 0 bridgehead atoms. The van der Waals surface area contributed by atoms with Crippen LogP contribution in [0.2, 0.25) is 0 Å². The minimum absolute atomic E-state index is 0.477. The Morgan fingerprint density at radius 2 is 1.81 bits per heavy atom. The fourth-order valence-electron chi connectivity index (χ4n) is 0.904. The van der Waals surface area contributed by atoms with Crippen molar-refractivity contribution in [2.24, 2.45) is 0 Å². The van der Waals surface area contributed by atoms with Crippen LogP contribution in [0.15, 0.2) is 23.1 Å². The molecule has 5 nitrogen and oxygen atoms in total. The van der Waals surface area contributed by atoms with Gasteiger partial charge >= 0.3 is 0 Å². The first-order valence-corrected chi connectivity index (χ1v) is 6.35. The Morgan fingerprint density at radius 3 is 2.12 bits per heavy atom. The molecule has 90 valence electrons. The molecule has 0 saturated heterocycles. The van der Waals surface area contributed by atoms with Crippen molar-refractivity contribution >= 4 is 15.5 Å². The summed E-state index contributed by atoms with van der Waals surface area (Å²) in [5.74, 6) is -1.11. The van der Waals surface area contributed by atoms with E-state index in [-0.39, 0.29) is 0 Å². The maximum Gasteiger partial charge on any atom is 0.272 e. The topological polar surface area (TPSA) is 77.3 Å². The second-order valence-corrected chi connectivity index (χ2v) is 4.63. The molecule has 0 fully saturated rings. The quantitative estimate of drug-likeness (QED) is 0.594. The van der Waals surface area contributed by atoms with Crippen LogP contribution in [-0.4, -0.2) is 19.6 Å². The summed E-state index contributed by atoms with van der Waals surface area (Å²) >= 11 is 0. The lowest BCUT2D eigenvalue weighted by atomic mass is 10.3. The Kier molecular flexibility index (Phi) is 5.03. The second-order valence-electron chi connectivity index (χ2n) is 2.64. The van der Waals surface area contributed by atoms with Crippen LogP contribution in [0.5, 0.6) is 0 Å². The van der Waals surface area contributed by atoms with Gasteiger partial charge in [-0.25, -0.2) is 12.8 Å². The summed E-state index contributed by atoms with van der Waals surface area (Å²) in [5, 5.41) is 10.2. The molecule has 0 radical (unpaired) electrons. The molecule has 1 aromatic carbocycles. The molecule has 0 aromatic heterocycles. The van der Waals surface area contributed by atoms with Gasteiger partial charge in [0.1, 0.15) is 10.7 Å². The van der Waals surface area contributed by atoms with Gasteiger partial charge in [0.25, 0.3) is 5.69 Å². The highest BCUT2D eigenvalue weighted by atomic mass is 32.2. The number of sulfone groups is 1. The van der Waals surface area contributed by atoms with Crippen LogP contribution >= 0.6 is 0 Å². The van der Waals surface area contributed by atoms with Gasteiger partial charge in [0.05, 0.1) is 11.0 Å². The molecular formula is C9H12FNO4S. The van der Waals surface area contributed by atoms with Gasteiger partial charge in [-0.05, 0) is 6.07 Å². The van der Waals surface area contributed by atoms with E-state index in [2.05, 4.69) is 0 Å². The Hall–Kier alpha value is -1.50.